The number of carbonyl (C=O) groups is 1. The van der Waals surface area contributed by atoms with Crippen LogP contribution in [0.4, 0.5) is 0 Å². The van der Waals surface area contributed by atoms with Gasteiger partial charge >= 0.3 is 0 Å². The number of pyridine rings is 1. The number of aromatic nitrogens is 1. The van der Waals surface area contributed by atoms with Gasteiger partial charge in [-0.05, 0) is 30.5 Å². The van der Waals surface area contributed by atoms with E-state index in [-0.39, 0.29) is 18.4 Å². The van der Waals surface area contributed by atoms with Gasteiger partial charge in [-0.15, -0.1) is 0 Å². The van der Waals surface area contributed by atoms with E-state index in [2.05, 4.69) is 15.3 Å². The molecule has 1 aromatic heterocycles. The molecule has 4 rings (SSSR count). The van der Waals surface area contributed by atoms with Crippen LogP contribution in [0.15, 0.2) is 41.5 Å². The van der Waals surface area contributed by atoms with Crippen molar-refractivity contribution in [3.05, 3.63) is 58.9 Å². The number of hydrogen-bond acceptors (Lipinski definition) is 5. The third-order valence-corrected chi connectivity index (χ3v) is 4.73. The first-order valence-electron chi connectivity index (χ1n) is 8.82. The normalized spacial score (nSPS) is 18.0. The van der Waals surface area contributed by atoms with Gasteiger partial charge in [0, 0.05) is 11.8 Å². The van der Waals surface area contributed by atoms with Gasteiger partial charge in [0.25, 0.3) is 0 Å². The zero-order chi connectivity index (χ0) is 17.9. The number of nitrogens with one attached hydrogen (secondary N) is 1. The minimum absolute atomic E-state index is 0.0287. The van der Waals surface area contributed by atoms with Gasteiger partial charge in [0.15, 0.2) is 0 Å². The molecule has 1 aromatic carbocycles. The monoisotopic (exact) mass is 351 g/mol. The number of nitrogens with zero attached hydrogens (tertiary/aromatic N) is 2. The Labute approximate surface area is 152 Å². The first-order chi connectivity index (χ1) is 12.7. The van der Waals surface area contributed by atoms with Gasteiger partial charge in [-0.2, -0.15) is 0 Å². The third kappa shape index (κ3) is 3.27. The first-order valence-corrected chi connectivity index (χ1v) is 8.82. The van der Waals surface area contributed by atoms with E-state index in [1.807, 2.05) is 30.3 Å². The average molecular weight is 351 g/mol. The molecule has 0 bridgehead atoms. The number of amides is 1. The van der Waals surface area contributed by atoms with Crippen molar-refractivity contribution in [2.75, 3.05) is 13.7 Å². The molecular weight excluding hydrogens is 330 g/mol. The smallest absolute Gasteiger partial charge is 0.226 e. The zero-order valence-corrected chi connectivity index (χ0v) is 14.7. The highest BCUT2D eigenvalue weighted by molar-refractivity contribution is 5.97. The average Bonchev–Trinajstić information content (AvgIpc) is 2.96. The Morgan fingerprint density at radius 1 is 1.38 bits per heavy atom. The lowest BCUT2D eigenvalue weighted by Crippen LogP contribution is -2.30. The Balaban J connectivity index is 1.45. The summed E-state index contributed by atoms with van der Waals surface area (Å²) in [5.74, 6) is 1.43. The molecule has 6 heteroatoms. The second-order valence-electron chi connectivity index (χ2n) is 6.48. The fourth-order valence-electron chi connectivity index (χ4n) is 3.47. The molecule has 1 amide bonds. The molecule has 2 aliphatic rings. The van der Waals surface area contributed by atoms with Crippen molar-refractivity contribution in [2.45, 2.75) is 31.8 Å². The number of carbonyl (C=O) groups excluding carboxylic acids is 1. The van der Waals surface area contributed by atoms with Crippen LogP contribution in [0.2, 0.25) is 0 Å². The number of para-hydroxylation sites is 1. The lowest BCUT2D eigenvalue weighted by molar-refractivity contribution is -0.121. The minimum Gasteiger partial charge on any atom is -0.493 e. The molecule has 0 fully saturated rings. The highest BCUT2D eigenvalue weighted by Gasteiger charge is 2.22. The molecule has 6 nitrogen and oxygen atoms in total. The summed E-state index contributed by atoms with van der Waals surface area (Å²) in [6, 6.07) is 9.81. The number of aliphatic imine (C=N–C) groups is 1. The van der Waals surface area contributed by atoms with Crippen molar-refractivity contribution in [1.82, 2.24) is 10.3 Å². The minimum atomic E-state index is -0.0370. The standard InChI is InChI=1S/C20H21N3O3/c1-25-20-16-12-21-14(9-13(16)11-22-20)10-19(24)23-17-6-4-8-26-18-7-3-2-5-15(17)18/h2-3,5,7,9,12,17H,4,6,8,10-11H2,1H3,(H,23,24)/t17-/m0/s1. The van der Waals surface area contributed by atoms with Crippen molar-refractivity contribution in [1.29, 1.82) is 0 Å². The predicted octanol–water partition coefficient (Wildman–Crippen LogP) is 2.56. The molecule has 134 valence electrons. The van der Waals surface area contributed by atoms with E-state index < -0.39 is 0 Å². The van der Waals surface area contributed by atoms with E-state index in [0.717, 1.165) is 41.0 Å². The number of ether oxygens (including phenoxy) is 2. The Kier molecular flexibility index (Phi) is 4.56. The molecule has 0 saturated carbocycles. The van der Waals surface area contributed by atoms with Crippen LogP contribution in [0.25, 0.3) is 0 Å². The van der Waals surface area contributed by atoms with Gasteiger partial charge in [-0.25, -0.2) is 4.99 Å². The first kappa shape index (κ1) is 16.6. The van der Waals surface area contributed by atoms with Crippen LogP contribution in [0.3, 0.4) is 0 Å². The number of rotatable bonds is 3. The third-order valence-electron chi connectivity index (χ3n) is 4.73. The number of fused-ring (bicyclic) bond motifs is 2. The lowest BCUT2D eigenvalue weighted by Gasteiger charge is -2.18. The maximum atomic E-state index is 12.6. The van der Waals surface area contributed by atoms with E-state index >= 15 is 0 Å². The van der Waals surface area contributed by atoms with Gasteiger partial charge < -0.3 is 14.8 Å². The topological polar surface area (TPSA) is 72.8 Å². The van der Waals surface area contributed by atoms with Gasteiger partial charge in [-0.3, -0.25) is 9.78 Å². The maximum absolute atomic E-state index is 12.6. The summed E-state index contributed by atoms with van der Waals surface area (Å²) in [5, 5.41) is 3.14. The zero-order valence-electron chi connectivity index (χ0n) is 14.7. The van der Waals surface area contributed by atoms with Crippen molar-refractivity contribution in [2.24, 2.45) is 4.99 Å². The summed E-state index contributed by atoms with van der Waals surface area (Å²) < 4.78 is 11.0. The lowest BCUT2D eigenvalue weighted by atomic mass is 10.0. The van der Waals surface area contributed by atoms with Crippen LogP contribution >= 0.6 is 0 Å². The second kappa shape index (κ2) is 7.15. The quantitative estimate of drug-likeness (QED) is 0.922. The molecule has 0 unspecified atom stereocenters. The predicted molar refractivity (Wildman–Crippen MR) is 97.2 cm³/mol. The molecule has 0 radical (unpaired) electrons. The van der Waals surface area contributed by atoms with E-state index in [0.29, 0.717) is 19.0 Å². The highest BCUT2D eigenvalue weighted by Crippen LogP contribution is 2.31. The molecule has 3 heterocycles. The summed E-state index contributed by atoms with van der Waals surface area (Å²) in [4.78, 5) is 21.3. The number of methoxy groups -OCH3 is 1. The Bertz CT molecular complexity index is 863. The van der Waals surface area contributed by atoms with Crippen LogP contribution in [0.5, 0.6) is 5.75 Å². The fourth-order valence-corrected chi connectivity index (χ4v) is 3.47. The Morgan fingerprint density at radius 3 is 3.15 bits per heavy atom. The summed E-state index contributed by atoms with van der Waals surface area (Å²) in [6.07, 6.45) is 3.76. The fraction of sp³-hybridized carbons (Fsp3) is 0.350. The van der Waals surface area contributed by atoms with E-state index in [1.165, 1.54) is 0 Å². The van der Waals surface area contributed by atoms with Crippen LogP contribution in [0.1, 0.15) is 41.3 Å². The molecule has 1 N–H and O–H groups in total. The Hall–Kier alpha value is -2.89. The van der Waals surface area contributed by atoms with Gasteiger partial charge in [0.1, 0.15) is 5.75 Å². The van der Waals surface area contributed by atoms with Gasteiger partial charge in [0.05, 0.1) is 44.0 Å². The van der Waals surface area contributed by atoms with Crippen LogP contribution in [0, 0.1) is 0 Å². The largest absolute Gasteiger partial charge is 0.493 e. The molecular formula is C20H21N3O3. The summed E-state index contributed by atoms with van der Waals surface area (Å²) >= 11 is 0. The van der Waals surface area contributed by atoms with Gasteiger partial charge in [0.2, 0.25) is 11.8 Å². The van der Waals surface area contributed by atoms with Crippen LogP contribution < -0.4 is 10.1 Å². The molecule has 0 saturated heterocycles. The molecule has 1 atom stereocenters. The maximum Gasteiger partial charge on any atom is 0.226 e. The van der Waals surface area contributed by atoms with Gasteiger partial charge in [-0.1, -0.05) is 18.2 Å². The molecule has 0 aliphatic carbocycles. The van der Waals surface area contributed by atoms with E-state index in [1.54, 1.807) is 13.3 Å². The molecule has 26 heavy (non-hydrogen) atoms. The second-order valence-corrected chi connectivity index (χ2v) is 6.48. The highest BCUT2D eigenvalue weighted by atomic mass is 16.5. The van der Waals surface area contributed by atoms with Crippen molar-refractivity contribution < 1.29 is 14.3 Å². The molecule has 2 aromatic rings. The Morgan fingerprint density at radius 2 is 2.27 bits per heavy atom. The summed E-state index contributed by atoms with van der Waals surface area (Å²) in [6.45, 7) is 1.25. The van der Waals surface area contributed by atoms with Crippen molar-refractivity contribution in [3.63, 3.8) is 0 Å². The van der Waals surface area contributed by atoms with Crippen LogP contribution in [-0.4, -0.2) is 30.5 Å². The summed E-state index contributed by atoms with van der Waals surface area (Å²) in [7, 11) is 1.60. The molecule has 0 spiro atoms. The number of hydrogen-bond donors (Lipinski definition) is 1. The SMILES string of the molecule is COC1=NCc2cc(CC(=O)N[C@H]3CCCOc4ccccc43)ncc21. The van der Waals surface area contributed by atoms with Crippen molar-refractivity contribution in [3.8, 4) is 5.75 Å². The van der Waals surface area contributed by atoms with Crippen molar-refractivity contribution >= 4 is 11.8 Å². The van der Waals surface area contributed by atoms with Crippen LogP contribution in [-0.2, 0) is 22.5 Å². The van der Waals surface area contributed by atoms with E-state index in [4.69, 9.17) is 9.47 Å². The molecule has 2 aliphatic heterocycles. The summed E-state index contributed by atoms with van der Waals surface area (Å²) in [5.41, 5.74) is 3.74. The number of benzene rings is 1. The van der Waals surface area contributed by atoms with E-state index in [9.17, 15) is 4.79 Å².